The molecule has 1 unspecified atom stereocenters. The molecule has 1 aliphatic rings. The second-order valence-corrected chi connectivity index (χ2v) is 3.90. The highest BCUT2D eigenvalue weighted by Gasteiger charge is 2.46. The van der Waals surface area contributed by atoms with Crippen LogP contribution in [0.2, 0.25) is 0 Å². The molecule has 96 valence electrons. The fraction of sp³-hybridized carbons (Fsp3) is 0.273. The van der Waals surface area contributed by atoms with Gasteiger partial charge in [0.15, 0.2) is 6.23 Å². The second-order valence-electron chi connectivity index (χ2n) is 3.90. The zero-order valence-corrected chi connectivity index (χ0v) is 9.01. The first-order valence-electron chi connectivity index (χ1n) is 5.04. The second kappa shape index (κ2) is 4.02. The fourth-order valence-electron chi connectivity index (χ4n) is 1.79. The number of carbonyl (C=O) groups excluding carboxylic acids is 1. The Bertz CT molecular complexity index is 518. The van der Waals surface area contributed by atoms with Gasteiger partial charge in [0.2, 0.25) is 0 Å². The summed E-state index contributed by atoms with van der Waals surface area (Å²) in [4.78, 5) is 22.5. The number of rotatable bonds is 3. The molecule has 1 heterocycles. The number of carboxylic acid groups (broad SMARTS) is 1. The van der Waals surface area contributed by atoms with E-state index in [0.29, 0.717) is 4.90 Å². The first kappa shape index (κ1) is 12.4. The molecule has 0 saturated heterocycles. The van der Waals surface area contributed by atoms with Crippen LogP contribution in [0.5, 0.6) is 0 Å². The summed E-state index contributed by atoms with van der Waals surface area (Å²) in [7, 11) is 0. The Labute approximate surface area is 100 Å². The van der Waals surface area contributed by atoms with Crippen molar-refractivity contribution in [3.8, 4) is 0 Å². The number of benzene rings is 1. The number of aliphatic hydroxyl groups is 1. The van der Waals surface area contributed by atoms with E-state index in [2.05, 4.69) is 0 Å². The van der Waals surface area contributed by atoms with E-state index in [0.717, 1.165) is 0 Å². The van der Waals surface area contributed by atoms with Crippen LogP contribution in [0.4, 0.5) is 8.78 Å². The van der Waals surface area contributed by atoms with Crippen molar-refractivity contribution >= 4 is 11.9 Å². The lowest BCUT2D eigenvalue weighted by Gasteiger charge is -2.23. The summed E-state index contributed by atoms with van der Waals surface area (Å²) in [5.74, 6) is -7.24. The number of fused-ring (bicyclic) bond motifs is 1. The van der Waals surface area contributed by atoms with E-state index in [1.54, 1.807) is 6.07 Å². The molecule has 5 nitrogen and oxygen atoms in total. The highest BCUT2D eigenvalue weighted by Crippen LogP contribution is 2.33. The van der Waals surface area contributed by atoms with Crippen molar-refractivity contribution in [1.29, 1.82) is 0 Å². The molecule has 1 aromatic carbocycles. The quantitative estimate of drug-likeness (QED) is 0.841. The number of hydrogen-bond acceptors (Lipinski definition) is 3. The standard InChI is InChI=1S/C11H9F2NO4/c12-11(13,10(17)18)5-14-8(15)6-3-1-2-4-7(6)9(14)16/h1-4,8,15H,5H2,(H,17,18). The smallest absolute Gasteiger partial charge is 0.376 e. The van der Waals surface area contributed by atoms with Crippen LogP contribution >= 0.6 is 0 Å². The molecule has 1 aliphatic heterocycles. The molecule has 0 bridgehead atoms. The first-order chi connectivity index (χ1) is 8.34. The van der Waals surface area contributed by atoms with Gasteiger partial charge in [0.25, 0.3) is 5.91 Å². The number of carbonyl (C=O) groups is 2. The average molecular weight is 257 g/mol. The van der Waals surface area contributed by atoms with Crippen molar-refractivity contribution in [1.82, 2.24) is 4.90 Å². The molecule has 1 amide bonds. The van der Waals surface area contributed by atoms with Crippen LogP contribution in [0.15, 0.2) is 24.3 Å². The number of nitrogens with zero attached hydrogens (tertiary/aromatic N) is 1. The van der Waals surface area contributed by atoms with Gasteiger partial charge in [-0.05, 0) is 6.07 Å². The van der Waals surface area contributed by atoms with Gasteiger partial charge in [-0.25, -0.2) is 4.79 Å². The molecule has 0 aromatic heterocycles. The lowest BCUT2D eigenvalue weighted by Crippen LogP contribution is -2.44. The number of aliphatic hydroxyl groups excluding tert-OH is 1. The fourth-order valence-corrected chi connectivity index (χ4v) is 1.79. The predicted octanol–water partition coefficient (Wildman–Crippen LogP) is 0.853. The first-order valence-corrected chi connectivity index (χ1v) is 5.04. The van der Waals surface area contributed by atoms with Gasteiger partial charge in [0.05, 0.1) is 6.54 Å². The number of alkyl halides is 2. The maximum atomic E-state index is 13.1. The molecule has 0 radical (unpaired) electrons. The Morgan fingerprint density at radius 2 is 2.00 bits per heavy atom. The van der Waals surface area contributed by atoms with Crippen molar-refractivity contribution in [2.75, 3.05) is 6.54 Å². The molecular weight excluding hydrogens is 248 g/mol. The number of halogens is 2. The van der Waals surface area contributed by atoms with Crippen LogP contribution in [-0.4, -0.2) is 39.5 Å². The van der Waals surface area contributed by atoms with E-state index in [9.17, 15) is 23.5 Å². The van der Waals surface area contributed by atoms with Crippen LogP contribution in [0.3, 0.4) is 0 Å². The summed E-state index contributed by atoms with van der Waals surface area (Å²) in [6.07, 6.45) is -1.54. The number of amides is 1. The largest absolute Gasteiger partial charge is 0.477 e. The van der Waals surface area contributed by atoms with Crippen LogP contribution in [0.1, 0.15) is 22.1 Å². The molecule has 2 N–H and O–H groups in total. The topological polar surface area (TPSA) is 77.8 Å². The summed E-state index contributed by atoms with van der Waals surface area (Å²) in [5, 5.41) is 18.1. The number of hydrogen-bond donors (Lipinski definition) is 2. The molecular formula is C11H9F2NO4. The van der Waals surface area contributed by atoms with Gasteiger partial charge >= 0.3 is 11.9 Å². The highest BCUT2D eigenvalue weighted by molar-refractivity contribution is 5.99. The third-order valence-corrected chi connectivity index (χ3v) is 2.71. The van der Waals surface area contributed by atoms with E-state index in [1.807, 2.05) is 0 Å². The highest BCUT2D eigenvalue weighted by atomic mass is 19.3. The van der Waals surface area contributed by atoms with Crippen LogP contribution in [-0.2, 0) is 4.79 Å². The Morgan fingerprint density at radius 3 is 2.56 bits per heavy atom. The normalized spacial score (nSPS) is 18.9. The Morgan fingerprint density at radius 1 is 1.39 bits per heavy atom. The Kier molecular flexibility index (Phi) is 2.78. The molecule has 0 spiro atoms. The van der Waals surface area contributed by atoms with Crippen LogP contribution in [0, 0.1) is 0 Å². The minimum Gasteiger partial charge on any atom is -0.477 e. The Hall–Kier alpha value is -2.02. The van der Waals surface area contributed by atoms with Gasteiger partial charge in [-0.15, -0.1) is 0 Å². The maximum Gasteiger partial charge on any atom is 0.376 e. The molecule has 1 atom stereocenters. The number of aliphatic carboxylic acids is 1. The summed E-state index contributed by atoms with van der Waals surface area (Å²) < 4.78 is 26.1. The van der Waals surface area contributed by atoms with E-state index < -0.39 is 30.6 Å². The zero-order valence-electron chi connectivity index (χ0n) is 9.01. The molecule has 0 aliphatic carbocycles. The van der Waals surface area contributed by atoms with E-state index in [1.165, 1.54) is 18.2 Å². The summed E-state index contributed by atoms with van der Waals surface area (Å²) in [5.41, 5.74) is 0.301. The molecule has 18 heavy (non-hydrogen) atoms. The van der Waals surface area contributed by atoms with Gasteiger partial charge in [-0.2, -0.15) is 8.78 Å². The minimum absolute atomic E-state index is 0.103. The van der Waals surface area contributed by atoms with Crippen LogP contribution < -0.4 is 0 Å². The summed E-state index contributed by atoms with van der Waals surface area (Å²) in [6, 6.07) is 5.90. The predicted molar refractivity (Wildman–Crippen MR) is 55.0 cm³/mol. The third-order valence-electron chi connectivity index (χ3n) is 2.71. The average Bonchev–Trinajstić information content (AvgIpc) is 2.55. The van der Waals surface area contributed by atoms with Crippen molar-refractivity contribution in [3.05, 3.63) is 35.4 Å². The zero-order chi connectivity index (χ0) is 13.5. The van der Waals surface area contributed by atoms with Gasteiger partial charge in [0, 0.05) is 11.1 Å². The van der Waals surface area contributed by atoms with Crippen molar-refractivity contribution < 1.29 is 28.6 Å². The van der Waals surface area contributed by atoms with Crippen molar-refractivity contribution in [3.63, 3.8) is 0 Å². The SMILES string of the molecule is O=C1c2ccccc2C(O)N1CC(F)(F)C(=O)O. The van der Waals surface area contributed by atoms with Gasteiger partial charge in [-0.1, -0.05) is 18.2 Å². The lowest BCUT2D eigenvalue weighted by atomic mass is 10.1. The van der Waals surface area contributed by atoms with E-state index in [4.69, 9.17) is 5.11 Å². The summed E-state index contributed by atoms with van der Waals surface area (Å²) >= 11 is 0. The lowest BCUT2D eigenvalue weighted by molar-refractivity contribution is -0.168. The van der Waals surface area contributed by atoms with Gasteiger partial charge in [0.1, 0.15) is 0 Å². The van der Waals surface area contributed by atoms with Gasteiger partial charge < -0.3 is 15.1 Å². The summed E-state index contributed by atoms with van der Waals surface area (Å²) in [6.45, 7) is -1.36. The van der Waals surface area contributed by atoms with E-state index in [-0.39, 0.29) is 11.1 Å². The van der Waals surface area contributed by atoms with Crippen molar-refractivity contribution in [2.24, 2.45) is 0 Å². The molecule has 0 saturated carbocycles. The van der Waals surface area contributed by atoms with Crippen LogP contribution in [0.25, 0.3) is 0 Å². The molecule has 7 heteroatoms. The molecule has 1 aromatic rings. The van der Waals surface area contributed by atoms with E-state index >= 15 is 0 Å². The minimum atomic E-state index is -4.10. The maximum absolute atomic E-state index is 13.1. The van der Waals surface area contributed by atoms with Gasteiger partial charge in [-0.3, -0.25) is 4.79 Å². The number of carboxylic acids is 1. The monoisotopic (exact) mass is 257 g/mol. The Balaban J connectivity index is 2.29. The third kappa shape index (κ3) is 1.82. The molecule has 0 fully saturated rings. The van der Waals surface area contributed by atoms with Crippen molar-refractivity contribution in [2.45, 2.75) is 12.2 Å². The molecule has 2 rings (SSSR count).